The molecular weight excluding hydrogens is 417 g/mol. The van der Waals surface area contributed by atoms with Gasteiger partial charge in [0.05, 0.1) is 5.02 Å². The summed E-state index contributed by atoms with van der Waals surface area (Å²) in [7, 11) is -3.73. The quantitative estimate of drug-likeness (QED) is 0.800. The molecule has 6 nitrogen and oxygen atoms in total. The third kappa shape index (κ3) is 4.25. The second-order valence-corrected chi connectivity index (χ2v) is 9.80. The van der Waals surface area contributed by atoms with Crippen LogP contribution in [0.2, 0.25) is 9.36 Å². The van der Waals surface area contributed by atoms with E-state index in [1.807, 2.05) is 17.0 Å². The zero-order valence-electron chi connectivity index (χ0n) is 13.9. The van der Waals surface area contributed by atoms with Crippen molar-refractivity contribution >= 4 is 61.8 Å². The molecule has 0 atom stereocenters. The van der Waals surface area contributed by atoms with Gasteiger partial charge in [0.25, 0.3) is 10.0 Å². The van der Waals surface area contributed by atoms with Crippen molar-refractivity contribution in [1.82, 2.24) is 4.90 Å². The Labute approximate surface area is 166 Å². The van der Waals surface area contributed by atoms with Crippen LogP contribution in [0.15, 0.2) is 34.5 Å². The SMILES string of the molecule is CC(=O)N1CCN(c2ccc(NS(=O)(=O)c3cc(Cl)c(Cl)s3)cc2)CC1. The first kappa shape index (κ1) is 19.3. The standard InChI is InChI=1S/C16H17Cl2N3O3S2/c1-11(22)20-6-8-21(9-7-20)13-4-2-12(3-5-13)19-26(23,24)15-10-14(17)16(18)25-15/h2-5,10,19H,6-9H2,1H3. The fourth-order valence-corrected chi connectivity index (χ4v) is 5.62. The molecule has 1 N–H and O–H groups in total. The molecule has 1 amide bonds. The van der Waals surface area contributed by atoms with Gasteiger partial charge in [0.2, 0.25) is 5.91 Å². The van der Waals surface area contributed by atoms with Crippen LogP contribution in [0.3, 0.4) is 0 Å². The van der Waals surface area contributed by atoms with Crippen LogP contribution in [-0.4, -0.2) is 45.4 Å². The van der Waals surface area contributed by atoms with Crippen molar-refractivity contribution in [2.45, 2.75) is 11.1 Å². The lowest BCUT2D eigenvalue weighted by molar-refractivity contribution is -0.129. The number of benzene rings is 1. The predicted octanol–water partition coefficient (Wildman–Crippen LogP) is 3.52. The van der Waals surface area contributed by atoms with Gasteiger partial charge in [0, 0.05) is 44.5 Å². The summed E-state index contributed by atoms with van der Waals surface area (Å²) in [6, 6.07) is 8.47. The number of hydrogen-bond acceptors (Lipinski definition) is 5. The van der Waals surface area contributed by atoms with Crippen molar-refractivity contribution in [3.05, 3.63) is 39.7 Å². The van der Waals surface area contributed by atoms with E-state index in [1.54, 1.807) is 19.1 Å². The second kappa shape index (κ2) is 7.64. The van der Waals surface area contributed by atoms with Crippen molar-refractivity contribution in [3.8, 4) is 0 Å². The summed E-state index contributed by atoms with van der Waals surface area (Å²) in [4.78, 5) is 15.4. The highest BCUT2D eigenvalue weighted by atomic mass is 35.5. The molecule has 0 saturated carbocycles. The minimum atomic E-state index is -3.73. The van der Waals surface area contributed by atoms with E-state index in [2.05, 4.69) is 9.62 Å². The highest BCUT2D eigenvalue weighted by molar-refractivity contribution is 7.94. The van der Waals surface area contributed by atoms with Gasteiger partial charge in [-0.25, -0.2) is 8.42 Å². The third-order valence-corrected chi connectivity index (χ3v) is 7.82. The summed E-state index contributed by atoms with van der Waals surface area (Å²) in [6.07, 6.45) is 0. The summed E-state index contributed by atoms with van der Waals surface area (Å²) in [5.41, 5.74) is 1.44. The van der Waals surface area contributed by atoms with Crippen LogP contribution in [0.5, 0.6) is 0 Å². The number of piperazine rings is 1. The lowest BCUT2D eigenvalue weighted by Crippen LogP contribution is -2.48. The number of amides is 1. The molecule has 0 unspecified atom stereocenters. The maximum absolute atomic E-state index is 12.4. The van der Waals surface area contributed by atoms with E-state index in [-0.39, 0.29) is 19.5 Å². The van der Waals surface area contributed by atoms with Gasteiger partial charge in [-0.1, -0.05) is 23.2 Å². The van der Waals surface area contributed by atoms with Gasteiger partial charge >= 0.3 is 0 Å². The molecule has 1 aromatic heterocycles. The average molecular weight is 434 g/mol. The molecule has 1 saturated heterocycles. The smallest absolute Gasteiger partial charge is 0.271 e. The van der Waals surface area contributed by atoms with Crippen molar-refractivity contribution in [2.24, 2.45) is 0 Å². The van der Waals surface area contributed by atoms with Gasteiger partial charge in [0.15, 0.2) is 0 Å². The first-order valence-corrected chi connectivity index (χ1v) is 10.9. The molecule has 1 aromatic carbocycles. The predicted molar refractivity (Wildman–Crippen MR) is 106 cm³/mol. The van der Waals surface area contributed by atoms with E-state index in [0.717, 1.165) is 30.1 Å². The fourth-order valence-electron chi connectivity index (χ4n) is 2.68. The topological polar surface area (TPSA) is 69.7 Å². The number of carbonyl (C=O) groups excluding carboxylic acids is 1. The number of nitrogens with zero attached hydrogens (tertiary/aromatic N) is 2. The average Bonchev–Trinajstić information content (AvgIpc) is 2.95. The monoisotopic (exact) mass is 433 g/mol. The zero-order valence-corrected chi connectivity index (χ0v) is 17.1. The summed E-state index contributed by atoms with van der Waals surface area (Å²) in [5, 5.41) is 0.220. The highest BCUT2D eigenvalue weighted by Gasteiger charge is 2.21. The summed E-state index contributed by atoms with van der Waals surface area (Å²) in [6.45, 7) is 4.44. The summed E-state index contributed by atoms with van der Waals surface area (Å²) < 4.78 is 27.6. The first-order chi connectivity index (χ1) is 12.3. The minimum Gasteiger partial charge on any atom is -0.368 e. The molecule has 3 rings (SSSR count). The molecule has 1 aliphatic rings. The Morgan fingerprint density at radius 2 is 1.73 bits per heavy atom. The largest absolute Gasteiger partial charge is 0.368 e. The molecule has 10 heteroatoms. The van der Waals surface area contributed by atoms with Crippen LogP contribution in [0, 0.1) is 0 Å². The molecule has 0 radical (unpaired) electrons. The number of halogens is 2. The van der Waals surface area contributed by atoms with Crippen LogP contribution in [0.25, 0.3) is 0 Å². The number of sulfonamides is 1. The fraction of sp³-hybridized carbons (Fsp3) is 0.312. The molecular formula is C16H17Cl2N3O3S2. The molecule has 2 aromatic rings. The molecule has 0 bridgehead atoms. The van der Waals surface area contributed by atoms with Gasteiger partial charge < -0.3 is 9.80 Å². The van der Waals surface area contributed by atoms with E-state index in [9.17, 15) is 13.2 Å². The number of hydrogen-bond donors (Lipinski definition) is 1. The Kier molecular flexibility index (Phi) is 5.67. The van der Waals surface area contributed by atoms with Crippen LogP contribution in [0.1, 0.15) is 6.92 Å². The maximum Gasteiger partial charge on any atom is 0.271 e. The molecule has 1 aliphatic heterocycles. The molecule has 0 aliphatic carbocycles. The van der Waals surface area contributed by atoms with E-state index in [4.69, 9.17) is 23.2 Å². The normalized spacial score (nSPS) is 15.2. The molecule has 0 spiro atoms. The van der Waals surface area contributed by atoms with Gasteiger partial charge in [-0.15, -0.1) is 11.3 Å². The second-order valence-electron chi connectivity index (χ2n) is 5.83. The lowest BCUT2D eigenvalue weighted by Gasteiger charge is -2.35. The van der Waals surface area contributed by atoms with E-state index in [1.165, 1.54) is 6.07 Å². The van der Waals surface area contributed by atoms with E-state index < -0.39 is 10.0 Å². The Morgan fingerprint density at radius 3 is 2.23 bits per heavy atom. The number of rotatable bonds is 4. The number of nitrogens with one attached hydrogen (secondary N) is 1. The maximum atomic E-state index is 12.4. The Morgan fingerprint density at radius 1 is 1.12 bits per heavy atom. The molecule has 1 fully saturated rings. The third-order valence-electron chi connectivity index (χ3n) is 4.10. The van der Waals surface area contributed by atoms with Gasteiger partial charge in [-0.2, -0.15) is 0 Å². The van der Waals surface area contributed by atoms with Gasteiger partial charge in [-0.3, -0.25) is 9.52 Å². The molecule has 140 valence electrons. The number of anilines is 2. The number of thiophene rings is 1. The minimum absolute atomic E-state index is 0.0666. The van der Waals surface area contributed by atoms with Crippen LogP contribution in [0.4, 0.5) is 11.4 Å². The lowest BCUT2D eigenvalue weighted by atomic mass is 10.2. The van der Waals surface area contributed by atoms with Gasteiger partial charge in [-0.05, 0) is 30.3 Å². The van der Waals surface area contributed by atoms with Crippen molar-refractivity contribution in [2.75, 3.05) is 35.8 Å². The Bertz CT molecular complexity index is 886. The van der Waals surface area contributed by atoms with Crippen molar-refractivity contribution in [1.29, 1.82) is 0 Å². The first-order valence-electron chi connectivity index (χ1n) is 7.84. The zero-order chi connectivity index (χ0) is 18.9. The van der Waals surface area contributed by atoms with E-state index >= 15 is 0 Å². The van der Waals surface area contributed by atoms with Crippen LogP contribution in [-0.2, 0) is 14.8 Å². The van der Waals surface area contributed by atoms with Crippen molar-refractivity contribution < 1.29 is 13.2 Å². The van der Waals surface area contributed by atoms with Crippen LogP contribution >= 0.6 is 34.5 Å². The van der Waals surface area contributed by atoms with Gasteiger partial charge in [0.1, 0.15) is 8.55 Å². The Balaban J connectivity index is 1.67. The molecule has 26 heavy (non-hydrogen) atoms. The Hall–Kier alpha value is -1.48. The highest BCUT2D eigenvalue weighted by Crippen LogP contribution is 2.35. The van der Waals surface area contributed by atoms with Crippen molar-refractivity contribution in [3.63, 3.8) is 0 Å². The summed E-state index contributed by atoms with van der Waals surface area (Å²) >= 11 is 12.6. The summed E-state index contributed by atoms with van der Waals surface area (Å²) in [5.74, 6) is 0.0863. The number of carbonyl (C=O) groups is 1. The molecule has 2 heterocycles. The van der Waals surface area contributed by atoms with Crippen LogP contribution < -0.4 is 9.62 Å². The van der Waals surface area contributed by atoms with E-state index in [0.29, 0.717) is 18.8 Å².